The number of nitrogens with one attached hydrogen (secondary N) is 1. The second-order valence-corrected chi connectivity index (χ2v) is 4.33. The summed E-state index contributed by atoms with van der Waals surface area (Å²) in [5.41, 5.74) is 1.95. The number of aromatic nitrogens is 2. The van der Waals surface area contributed by atoms with Crippen molar-refractivity contribution < 1.29 is 9.59 Å². The number of likely N-dealkylation sites (tertiary alicyclic amines) is 1. The first-order valence-corrected chi connectivity index (χ1v) is 5.95. The first-order chi connectivity index (χ1) is 8.58. The molecule has 1 N–H and O–H groups in total. The predicted molar refractivity (Wildman–Crippen MR) is 65.9 cm³/mol. The first kappa shape index (κ1) is 12.5. The molecular weight excluding hydrogens is 232 g/mol. The van der Waals surface area contributed by atoms with E-state index < -0.39 is 0 Å². The van der Waals surface area contributed by atoms with E-state index in [2.05, 4.69) is 15.3 Å². The van der Waals surface area contributed by atoms with Gasteiger partial charge in [-0.05, 0) is 19.4 Å². The summed E-state index contributed by atoms with van der Waals surface area (Å²) in [4.78, 5) is 32.4. The highest BCUT2D eigenvalue weighted by Crippen LogP contribution is 2.11. The van der Waals surface area contributed by atoms with Gasteiger partial charge in [0.15, 0.2) is 0 Å². The van der Waals surface area contributed by atoms with Gasteiger partial charge in [0.1, 0.15) is 0 Å². The van der Waals surface area contributed by atoms with Crippen molar-refractivity contribution in [1.82, 2.24) is 14.9 Å². The topological polar surface area (TPSA) is 75.2 Å². The molecule has 0 radical (unpaired) electrons. The van der Waals surface area contributed by atoms with Crippen molar-refractivity contribution >= 4 is 17.8 Å². The summed E-state index contributed by atoms with van der Waals surface area (Å²) in [7, 11) is 0. The molecular formula is C12H16N4O2. The Bertz CT molecular complexity index is 471. The van der Waals surface area contributed by atoms with Gasteiger partial charge >= 0.3 is 0 Å². The Morgan fingerprint density at radius 2 is 1.94 bits per heavy atom. The molecule has 1 saturated heterocycles. The van der Waals surface area contributed by atoms with Crippen molar-refractivity contribution in [3.8, 4) is 0 Å². The van der Waals surface area contributed by atoms with Crippen LogP contribution in [0.1, 0.15) is 24.1 Å². The summed E-state index contributed by atoms with van der Waals surface area (Å²) >= 11 is 0. The monoisotopic (exact) mass is 248 g/mol. The van der Waals surface area contributed by atoms with E-state index in [0.717, 1.165) is 11.3 Å². The van der Waals surface area contributed by atoms with Gasteiger partial charge in [-0.3, -0.25) is 14.5 Å². The van der Waals surface area contributed by atoms with Gasteiger partial charge in [-0.2, -0.15) is 0 Å². The maximum absolute atomic E-state index is 11.4. The summed E-state index contributed by atoms with van der Waals surface area (Å²) in [6, 6.07) is 0. The Morgan fingerprint density at radius 1 is 1.28 bits per heavy atom. The normalized spacial score (nSPS) is 15.3. The Kier molecular flexibility index (Phi) is 3.55. The van der Waals surface area contributed by atoms with Crippen molar-refractivity contribution in [3.05, 3.63) is 17.5 Å². The van der Waals surface area contributed by atoms with Crippen LogP contribution in [-0.2, 0) is 9.59 Å². The van der Waals surface area contributed by atoms with Gasteiger partial charge in [-0.25, -0.2) is 9.97 Å². The Balaban J connectivity index is 1.86. The third-order valence-corrected chi connectivity index (χ3v) is 3.00. The van der Waals surface area contributed by atoms with Crippen LogP contribution in [0.15, 0.2) is 6.20 Å². The van der Waals surface area contributed by atoms with Gasteiger partial charge in [-0.15, -0.1) is 0 Å². The van der Waals surface area contributed by atoms with E-state index in [1.165, 1.54) is 4.90 Å². The van der Waals surface area contributed by atoms with Crippen LogP contribution in [0.5, 0.6) is 0 Å². The van der Waals surface area contributed by atoms with Crippen molar-refractivity contribution in [2.45, 2.75) is 26.7 Å². The first-order valence-electron chi connectivity index (χ1n) is 5.95. The maximum Gasteiger partial charge on any atom is 0.229 e. The minimum absolute atomic E-state index is 0.0946. The molecule has 2 heterocycles. The second kappa shape index (κ2) is 5.12. The lowest BCUT2D eigenvalue weighted by Gasteiger charge is -2.14. The lowest BCUT2D eigenvalue weighted by Crippen LogP contribution is -2.33. The van der Waals surface area contributed by atoms with Crippen LogP contribution in [0.4, 0.5) is 5.95 Å². The van der Waals surface area contributed by atoms with Gasteiger partial charge in [0.05, 0.1) is 0 Å². The molecule has 0 aromatic carbocycles. The largest absolute Gasteiger partial charge is 0.352 e. The predicted octanol–water partition coefficient (Wildman–Crippen LogP) is 0.654. The molecule has 1 aromatic rings. The molecule has 0 aliphatic carbocycles. The molecule has 0 unspecified atom stereocenters. The number of nitrogens with zero attached hydrogens (tertiary/aromatic N) is 3. The van der Waals surface area contributed by atoms with E-state index in [0.29, 0.717) is 31.9 Å². The molecule has 6 heteroatoms. The summed E-state index contributed by atoms with van der Waals surface area (Å²) in [6.45, 7) is 4.70. The highest BCUT2D eigenvalue weighted by atomic mass is 16.2. The van der Waals surface area contributed by atoms with Gasteiger partial charge in [0.25, 0.3) is 0 Å². The van der Waals surface area contributed by atoms with Crippen molar-refractivity contribution in [2.24, 2.45) is 0 Å². The Labute approximate surface area is 105 Å². The van der Waals surface area contributed by atoms with Gasteiger partial charge in [0.2, 0.25) is 17.8 Å². The number of rotatable bonds is 4. The molecule has 6 nitrogen and oxygen atoms in total. The third-order valence-electron chi connectivity index (χ3n) is 3.00. The van der Waals surface area contributed by atoms with E-state index in [4.69, 9.17) is 0 Å². The molecule has 1 fully saturated rings. The molecule has 18 heavy (non-hydrogen) atoms. The maximum atomic E-state index is 11.4. The number of hydrogen-bond donors (Lipinski definition) is 1. The van der Waals surface area contributed by atoms with Crippen LogP contribution >= 0.6 is 0 Å². The SMILES string of the molecule is Cc1cnc(NCCN2C(=O)CCC2=O)nc1C. The minimum atomic E-state index is -0.0946. The fraction of sp³-hybridized carbons (Fsp3) is 0.500. The molecule has 0 atom stereocenters. The molecule has 0 saturated carbocycles. The van der Waals surface area contributed by atoms with Gasteiger partial charge < -0.3 is 5.32 Å². The zero-order valence-corrected chi connectivity index (χ0v) is 10.6. The molecule has 2 rings (SSSR count). The molecule has 0 bridgehead atoms. The number of carbonyl (C=O) groups excluding carboxylic acids is 2. The number of imide groups is 1. The summed E-state index contributed by atoms with van der Waals surface area (Å²) < 4.78 is 0. The molecule has 0 spiro atoms. The van der Waals surface area contributed by atoms with Crippen molar-refractivity contribution in [1.29, 1.82) is 0 Å². The minimum Gasteiger partial charge on any atom is -0.352 e. The summed E-state index contributed by atoms with van der Waals surface area (Å²) in [6.07, 6.45) is 2.41. The van der Waals surface area contributed by atoms with Gasteiger partial charge in [-0.1, -0.05) is 0 Å². The van der Waals surface area contributed by atoms with E-state index in [9.17, 15) is 9.59 Å². The quantitative estimate of drug-likeness (QED) is 0.792. The second-order valence-electron chi connectivity index (χ2n) is 4.33. The Morgan fingerprint density at radius 3 is 2.56 bits per heavy atom. The van der Waals surface area contributed by atoms with Crippen LogP contribution < -0.4 is 5.32 Å². The van der Waals surface area contributed by atoms with Crippen LogP contribution in [0, 0.1) is 13.8 Å². The molecule has 1 aliphatic rings. The fourth-order valence-electron chi connectivity index (χ4n) is 1.76. The third kappa shape index (κ3) is 2.64. The highest BCUT2D eigenvalue weighted by Gasteiger charge is 2.27. The van der Waals surface area contributed by atoms with E-state index >= 15 is 0 Å². The highest BCUT2D eigenvalue weighted by molar-refractivity contribution is 6.01. The van der Waals surface area contributed by atoms with Crippen molar-refractivity contribution in [3.63, 3.8) is 0 Å². The number of hydrogen-bond acceptors (Lipinski definition) is 5. The number of carbonyl (C=O) groups is 2. The van der Waals surface area contributed by atoms with Crippen LogP contribution in [-0.4, -0.2) is 39.8 Å². The lowest BCUT2D eigenvalue weighted by molar-refractivity contribution is -0.138. The molecule has 1 aromatic heterocycles. The van der Waals surface area contributed by atoms with E-state index in [-0.39, 0.29) is 11.8 Å². The fourth-order valence-corrected chi connectivity index (χ4v) is 1.76. The summed E-state index contributed by atoms with van der Waals surface area (Å²) in [5.74, 6) is 0.336. The Hall–Kier alpha value is -1.98. The number of aryl methyl sites for hydroxylation is 2. The molecule has 2 amide bonds. The zero-order chi connectivity index (χ0) is 13.1. The van der Waals surface area contributed by atoms with Crippen LogP contribution in [0.2, 0.25) is 0 Å². The average molecular weight is 248 g/mol. The lowest BCUT2D eigenvalue weighted by atomic mass is 10.3. The zero-order valence-electron chi connectivity index (χ0n) is 10.6. The summed E-state index contributed by atoms with van der Waals surface area (Å²) in [5, 5.41) is 3.01. The van der Waals surface area contributed by atoms with Crippen LogP contribution in [0.3, 0.4) is 0 Å². The average Bonchev–Trinajstić information content (AvgIpc) is 2.65. The smallest absolute Gasteiger partial charge is 0.229 e. The van der Waals surface area contributed by atoms with E-state index in [1.54, 1.807) is 6.20 Å². The van der Waals surface area contributed by atoms with E-state index in [1.807, 2.05) is 13.8 Å². The van der Waals surface area contributed by atoms with Gasteiger partial charge in [0, 0.05) is 37.8 Å². The molecule has 96 valence electrons. The van der Waals surface area contributed by atoms with Crippen molar-refractivity contribution in [2.75, 3.05) is 18.4 Å². The number of amides is 2. The number of anilines is 1. The van der Waals surface area contributed by atoms with Crippen LogP contribution in [0.25, 0.3) is 0 Å². The standard InChI is InChI=1S/C12H16N4O2/c1-8-7-14-12(15-9(8)2)13-5-6-16-10(17)3-4-11(16)18/h7H,3-6H2,1-2H3,(H,13,14,15). The molecule has 1 aliphatic heterocycles.